The lowest BCUT2D eigenvalue weighted by atomic mass is 9.90. The molecule has 1 heterocycles. The number of nitrogens with zero attached hydrogens (tertiary/aromatic N) is 1. The van der Waals surface area contributed by atoms with Gasteiger partial charge < -0.3 is 15.7 Å². The maximum atomic E-state index is 11.9. The van der Waals surface area contributed by atoms with E-state index in [9.17, 15) is 4.79 Å². The van der Waals surface area contributed by atoms with E-state index >= 15 is 0 Å². The summed E-state index contributed by atoms with van der Waals surface area (Å²) in [5, 5.41) is 17.7. The van der Waals surface area contributed by atoms with Crippen molar-refractivity contribution in [2.45, 2.75) is 46.6 Å². The van der Waals surface area contributed by atoms with Crippen LogP contribution in [0, 0.1) is 12.3 Å². The van der Waals surface area contributed by atoms with Gasteiger partial charge in [-0.3, -0.25) is 0 Å². The molecule has 0 fully saturated rings. The average Bonchev–Trinajstić information content (AvgIpc) is 2.80. The zero-order valence-electron chi connectivity index (χ0n) is 12.7. The highest BCUT2D eigenvalue weighted by molar-refractivity contribution is 7.09. The standard InChI is InChI=1S/C14H25N3O2S/c1-5-11(12-16-10(2)8-20-12)17-13(19)15-9-14(3,4)6-7-18/h8,11,18H,5-7,9H2,1-4H3,(H2,15,17,19). The van der Waals surface area contributed by atoms with Gasteiger partial charge in [0.05, 0.1) is 6.04 Å². The van der Waals surface area contributed by atoms with Crippen LogP contribution in [-0.2, 0) is 0 Å². The Labute approximate surface area is 124 Å². The summed E-state index contributed by atoms with van der Waals surface area (Å²) in [5.41, 5.74) is 0.876. The van der Waals surface area contributed by atoms with Gasteiger partial charge >= 0.3 is 6.03 Å². The van der Waals surface area contributed by atoms with Crippen molar-refractivity contribution in [3.63, 3.8) is 0 Å². The number of amides is 2. The maximum absolute atomic E-state index is 11.9. The molecule has 1 rings (SSSR count). The first kappa shape index (κ1) is 16.9. The summed E-state index contributed by atoms with van der Waals surface area (Å²) in [5.74, 6) is 0. The number of aryl methyl sites for hydroxylation is 1. The Hall–Kier alpha value is -1.14. The van der Waals surface area contributed by atoms with E-state index < -0.39 is 0 Å². The van der Waals surface area contributed by atoms with Gasteiger partial charge in [0.2, 0.25) is 0 Å². The molecule has 0 saturated heterocycles. The summed E-state index contributed by atoms with van der Waals surface area (Å²) in [7, 11) is 0. The molecular formula is C14H25N3O2S. The molecule has 114 valence electrons. The molecule has 1 aromatic heterocycles. The number of urea groups is 1. The Balaban J connectivity index is 2.48. The molecule has 6 heteroatoms. The first-order chi connectivity index (χ1) is 9.38. The van der Waals surface area contributed by atoms with E-state index in [0.29, 0.717) is 13.0 Å². The van der Waals surface area contributed by atoms with Crippen LogP contribution in [0.4, 0.5) is 4.79 Å². The number of carbonyl (C=O) groups excluding carboxylic acids is 1. The van der Waals surface area contributed by atoms with Crippen LogP contribution >= 0.6 is 11.3 Å². The second-order valence-electron chi connectivity index (χ2n) is 5.75. The Kier molecular flexibility index (Phi) is 6.42. The van der Waals surface area contributed by atoms with Gasteiger partial charge in [0.25, 0.3) is 0 Å². The van der Waals surface area contributed by atoms with Crippen molar-refractivity contribution >= 4 is 17.4 Å². The molecule has 5 nitrogen and oxygen atoms in total. The van der Waals surface area contributed by atoms with Crippen LogP contribution in [0.25, 0.3) is 0 Å². The number of thiazole rings is 1. The van der Waals surface area contributed by atoms with Crippen LogP contribution in [-0.4, -0.2) is 29.3 Å². The van der Waals surface area contributed by atoms with E-state index in [1.165, 1.54) is 0 Å². The lowest BCUT2D eigenvalue weighted by Gasteiger charge is -2.24. The minimum Gasteiger partial charge on any atom is -0.396 e. The highest BCUT2D eigenvalue weighted by atomic mass is 32.1. The van der Waals surface area contributed by atoms with E-state index in [1.54, 1.807) is 11.3 Å². The van der Waals surface area contributed by atoms with E-state index in [0.717, 1.165) is 17.1 Å². The van der Waals surface area contributed by atoms with Gasteiger partial charge in [-0.2, -0.15) is 0 Å². The molecular weight excluding hydrogens is 274 g/mol. The topological polar surface area (TPSA) is 74.2 Å². The van der Waals surface area contributed by atoms with Gasteiger partial charge in [0.1, 0.15) is 5.01 Å². The number of hydrogen-bond donors (Lipinski definition) is 3. The fourth-order valence-corrected chi connectivity index (χ4v) is 2.72. The summed E-state index contributed by atoms with van der Waals surface area (Å²) in [6.45, 7) is 8.68. The molecule has 0 bridgehead atoms. The van der Waals surface area contributed by atoms with Gasteiger partial charge in [-0.1, -0.05) is 20.8 Å². The molecule has 1 aromatic rings. The quantitative estimate of drug-likeness (QED) is 0.724. The van der Waals surface area contributed by atoms with Crippen LogP contribution < -0.4 is 10.6 Å². The number of aliphatic hydroxyl groups is 1. The molecule has 0 aliphatic rings. The summed E-state index contributed by atoms with van der Waals surface area (Å²) < 4.78 is 0. The SMILES string of the molecule is CCC(NC(=O)NCC(C)(C)CCO)c1nc(C)cs1. The Morgan fingerprint density at radius 2 is 2.25 bits per heavy atom. The molecule has 0 aliphatic carbocycles. The number of aromatic nitrogens is 1. The third-order valence-electron chi connectivity index (χ3n) is 3.16. The predicted octanol–water partition coefficient (Wildman–Crippen LogP) is 2.61. The van der Waals surface area contributed by atoms with Crippen molar-refractivity contribution < 1.29 is 9.90 Å². The van der Waals surface area contributed by atoms with E-state index in [4.69, 9.17) is 5.11 Å². The van der Waals surface area contributed by atoms with E-state index in [-0.39, 0.29) is 24.1 Å². The van der Waals surface area contributed by atoms with Gasteiger partial charge in [-0.25, -0.2) is 9.78 Å². The van der Waals surface area contributed by atoms with Gasteiger partial charge in [0, 0.05) is 24.2 Å². The lowest BCUT2D eigenvalue weighted by Crippen LogP contribution is -2.42. The van der Waals surface area contributed by atoms with Crippen LogP contribution in [0.1, 0.15) is 50.4 Å². The second kappa shape index (κ2) is 7.59. The number of hydrogen-bond acceptors (Lipinski definition) is 4. The molecule has 0 aromatic carbocycles. The van der Waals surface area contributed by atoms with Crippen molar-refractivity contribution in [3.05, 3.63) is 16.1 Å². The number of rotatable bonds is 7. The Morgan fingerprint density at radius 3 is 2.75 bits per heavy atom. The third-order valence-corrected chi connectivity index (χ3v) is 4.24. The zero-order chi connectivity index (χ0) is 15.2. The summed E-state index contributed by atoms with van der Waals surface area (Å²) in [4.78, 5) is 16.4. The highest BCUT2D eigenvalue weighted by Crippen LogP contribution is 2.21. The fraction of sp³-hybridized carbons (Fsp3) is 0.714. The van der Waals surface area contributed by atoms with Gasteiger partial charge in [-0.15, -0.1) is 11.3 Å². The molecule has 20 heavy (non-hydrogen) atoms. The van der Waals surface area contributed by atoms with Crippen LogP contribution in [0.15, 0.2) is 5.38 Å². The monoisotopic (exact) mass is 299 g/mol. The summed E-state index contributed by atoms with van der Waals surface area (Å²) >= 11 is 1.57. The second-order valence-corrected chi connectivity index (χ2v) is 6.64. The first-order valence-electron chi connectivity index (χ1n) is 6.95. The van der Waals surface area contributed by atoms with Crippen molar-refractivity contribution in [2.75, 3.05) is 13.2 Å². The van der Waals surface area contributed by atoms with E-state index in [1.807, 2.05) is 33.1 Å². The highest BCUT2D eigenvalue weighted by Gasteiger charge is 2.20. The molecule has 0 saturated carbocycles. The minimum absolute atomic E-state index is 0.0466. The lowest BCUT2D eigenvalue weighted by molar-refractivity contribution is 0.200. The fourth-order valence-electron chi connectivity index (χ4n) is 1.79. The van der Waals surface area contributed by atoms with Gasteiger partial charge in [-0.05, 0) is 25.2 Å². The number of nitrogens with one attached hydrogen (secondary N) is 2. The Morgan fingerprint density at radius 1 is 1.55 bits per heavy atom. The van der Waals surface area contributed by atoms with Crippen LogP contribution in [0.3, 0.4) is 0 Å². The molecule has 2 amide bonds. The van der Waals surface area contributed by atoms with Crippen molar-refractivity contribution in [3.8, 4) is 0 Å². The molecule has 3 N–H and O–H groups in total. The number of aliphatic hydroxyl groups excluding tert-OH is 1. The van der Waals surface area contributed by atoms with Gasteiger partial charge in [0.15, 0.2) is 0 Å². The van der Waals surface area contributed by atoms with E-state index in [2.05, 4.69) is 15.6 Å². The summed E-state index contributed by atoms with van der Waals surface area (Å²) in [6.07, 6.45) is 1.47. The minimum atomic E-state index is -0.185. The molecule has 1 unspecified atom stereocenters. The predicted molar refractivity (Wildman–Crippen MR) is 81.9 cm³/mol. The molecule has 0 spiro atoms. The van der Waals surface area contributed by atoms with Crippen molar-refractivity contribution in [1.29, 1.82) is 0 Å². The first-order valence-corrected chi connectivity index (χ1v) is 7.83. The smallest absolute Gasteiger partial charge is 0.315 e. The van der Waals surface area contributed by atoms with Crippen LogP contribution in [0.2, 0.25) is 0 Å². The zero-order valence-corrected chi connectivity index (χ0v) is 13.5. The largest absolute Gasteiger partial charge is 0.396 e. The Bertz CT molecular complexity index is 432. The molecule has 0 aliphatic heterocycles. The van der Waals surface area contributed by atoms with Crippen LogP contribution in [0.5, 0.6) is 0 Å². The average molecular weight is 299 g/mol. The maximum Gasteiger partial charge on any atom is 0.315 e. The molecule has 1 atom stereocenters. The molecule has 0 radical (unpaired) electrons. The normalized spacial score (nSPS) is 13.1. The number of carbonyl (C=O) groups is 1. The van der Waals surface area contributed by atoms with Crippen molar-refractivity contribution in [2.24, 2.45) is 5.41 Å². The summed E-state index contributed by atoms with van der Waals surface area (Å²) in [6, 6.07) is -0.231. The van der Waals surface area contributed by atoms with Crippen molar-refractivity contribution in [1.82, 2.24) is 15.6 Å². The third kappa shape index (κ3) is 5.46.